The third-order valence-corrected chi connectivity index (χ3v) is 1.75. The van der Waals surface area contributed by atoms with E-state index in [1.165, 1.54) is 14.2 Å². The van der Waals surface area contributed by atoms with Crippen LogP contribution < -0.4 is 0 Å². The fourth-order valence-electron chi connectivity index (χ4n) is 1.32. The van der Waals surface area contributed by atoms with Crippen molar-refractivity contribution in [1.82, 2.24) is 0 Å². The molecule has 0 aromatic rings. The van der Waals surface area contributed by atoms with Gasteiger partial charge in [-0.05, 0) is 20.8 Å². The molecular formula is C10H22O5. The van der Waals surface area contributed by atoms with Crippen molar-refractivity contribution in [1.29, 1.82) is 0 Å². The molecule has 0 aromatic heterocycles. The molecule has 5 heteroatoms. The molecule has 0 aliphatic heterocycles. The number of hydrogen-bond acceptors (Lipinski definition) is 5. The Labute approximate surface area is 91.6 Å². The van der Waals surface area contributed by atoms with Crippen molar-refractivity contribution >= 4 is 0 Å². The van der Waals surface area contributed by atoms with Crippen molar-refractivity contribution in [2.75, 3.05) is 34.0 Å². The van der Waals surface area contributed by atoms with Crippen LogP contribution in [0.15, 0.2) is 0 Å². The third-order valence-electron chi connectivity index (χ3n) is 1.75. The molecule has 0 fully saturated rings. The second-order valence-electron chi connectivity index (χ2n) is 2.71. The minimum absolute atomic E-state index is 0.448. The minimum atomic E-state index is -1.28. The average molecular weight is 222 g/mol. The fraction of sp³-hybridized carbons (Fsp3) is 1.00. The lowest BCUT2D eigenvalue weighted by Crippen LogP contribution is -2.51. The van der Waals surface area contributed by atoms with Gasteiger partial charge in [0.2, 0.25) is 6.29 Å². The van der Waals surface area contributed by atoms with Crippen LogP contribution in [0.25, 0.3) is 0 Å². The molecular weight excluding hydrogens is 200 g/mol. The monoisotopic (exact) mass is 222 g/mol. The number of hydrogen-bond donors (Lipinski definition) is 0. The zero-order valence-electron chi connectivity index (χ0n) is 10.2. The SMILES string of the molecule is CCOC(OCC)(OCC)C(OC)OC. The van der Waals surface area contributed by atoms with Gasteiger partial charge in [0.1, 0.15) is 0 Å². The highest BCUT2D eigenvalue weighted by molar-refractivity contribution is 4.62. The highest BCUT2D eigenvalue weighted by atomic mass is 16.9. The summed E-state index contributed by atoms with van der Waals surface area (Å²) < 4.78 is 26.6. The Morgan fingerprint density at radius 3 is 1.33 bits per heavy atom. The average Bonchev–Trinajstić information content (AvgIpc) is 2.20. The van der Waals surface area contributed by atoms with Crippen LogP contribution in [0.4, 0.5) is 0 Å². The van der Waals surface area contributed by atoms with Gasteiger partial charge in [-0.3, -0.25) is 0 Å². The van der Waals surface area contributed by atoms with Crippen molar-refractivity contribution < 1.29 is 23.7 Å². The molecule has 0 bridgehead atoms. The van der Waals surface area contributed by atoms with E-state index < -0.39 is 12.3 Å². The van der Waals surface area contributed by atoms with Crippen LogP contribution in [0, 0.1) is 0 Å². The van der Waals surface area contributed by atoms with Crippen molar-refractivity contribution in [3.8, 4) is 0 Å². The van der Waals surface area contributed by atoms with Crippen molar-refractivity contribution in [3.05, 3.63) is 0 Å². The van der Waals surface area contributed by atoms with Crippen LogP contribution in [-0.4, -0.2) is 46.3 Å². The van der Waals surface area contributed by atoms with E-state index in [4.69, 9.17) is 23.7 Å². The summed E-state index contributed by atoms with van der Waals surface area (Å²) in [6.07, 6.45) is -0.711. The third kappa shape index (κ3) is 4.04. The van der Waals surface area contributed by atoms with E-state index in [-0.39, 0.29) is 0 Å². The van der Waals surface area contributed by atoms with Gasteiger partial charge in [0, 0.05) is 34.0 Å². The lowest BCUT2D eigenvalue weighted by Gasteiger charge is -2.36. The van der Waals surface area contributed by atoms with Gasteiger partial charge >= 0.3 is 5.97 Å². The molecule has 5 nitrogen and oxygen atoms in total. The molecule has 15 heavy (non-hydrogen) atoms. The summed E-state index contributed by atoms with van der Waals surface area (Å²) in [4.78, 5) is 0. The van der Waals surface area contributed by atoms with E-state index in [0.717, 1.165) is 0 Å². The smallest absolute Gasteiger partial charge is 0.337 e. The minimum Gasteiger partial charge on any atom is -0.349 e. The highest BCUT2D eigenvalue weighted by Gasteiger charge is 2.43. The van der Waals surface area contributed by atoms with Crippen LogP contribution in [-0.2, 0) is 23.7 Å². The van der Waals surface area contributed by atoms with Gasteiger partial charge in [-0.2, -0.15) is 0 Å². The van der Waals surface area contributed by atoms with E-state index in [9.17, 15) is 0 Å². The molecule has 0 aliphatic rings. The summed E-state index contributed by atoms with van der Waals surface area (Å²) in [6, 6.07) is 0. The van der Waals surface area contributed by atoms with Gasteiger partial charge in [-0.1, -0.05) is 0 Å². The zero-order chi connectivity index (χ0) is 11.7. The Bertz CT molecular complexity index is 130. The van der Waals surface area contributed by atoms with Gasteiger partial charge in [0.25, 0.3) is 0 Å². The van der Waals surface area contributed by atoms with Gasteiger partial charge < -0.3 is 23.7 Å². The highest BCUT2D eigenvalue weighted by Crippen LogP contribution is 2.23. The van der Waals surface area contributed by atoms with Crippen molar-refractivity contribution in [2.24, 2.45) is 0 Å². The quantitative estimate of drug-likeness (QED) is 0.551. The van der Waals surface area contributed by atoms with Gasteiger partial charge in [-0.25, -0.2) is 0 Å². The molecule has 0 spiro atoms. The first-order valence-corrected chi connectivity index (χ1v) is 5.18. The second kappa shape index (κ2) is 8.01. The zero-order valence-corrected chi connectivity index (χ0v) is 10.2. The first kappa shape index (κ1) is 14.8. The molecule has 0 aromatic carbocycles. The molecule has 0 aliphatic carbocycles. The van der Waals surface area contributed by atoms with Crippen LogP contribution in [0.5, 0.6) is 0 Å². The molecule has 0 amide bonds. The first-order valence-electron chi connectivity index (χ1n) is 5.18. The van der Waals surface area contributed by atoms with Crippen molar-refractivity contribution in [2.45, 2.75) is 33.0 Å². The summed E-state index contributed by atoms with van der Waals surface area (Å²) in [5.74, 6) is -1.28. The Kier molecular flexibility index (Phi) is 7.90. The van der Waals surface area contributed by atoms with E-state index >= 15 is 0 Å². The molecule has 0 saturated heterocycles. The summed E-state index contributed by atoms with van der Waals surface area (Å²) >= 11 is 0. The Morgan fingerprint density at radius 2 is 1.13 bits per heavy atom. The van der Waals surface area contributed by atoms with Crippen LogP contribution in [0.3, 0.4) is 0 Å². The van der Waals surface area contributed by atoms with E-state index in [1.807, 2.05) is 20.8 Å². The molecule has 0 saturated carbocycles. The maximum Gasteiger partial charge on any atom is 0.337 e. The molecule has 0 atom stereocenters. The van der Waals surface area contributed by atoms with E-state index in [1.54, 1.807) is 0 Å². The van der Waals surface area contributed by atoms with Gasteiger partial charge in [0.15, 0.2) is 0 Å². The van der Waals surface area contributed by atoms with Gasteiger partial charge in [-0.15, -0.1) is 0 Å². The maximum atomic E-state index is 5.46. The number of ether oxygens (including phenoxy) is 5. The number of methoxy groups -OCH3 is 2. The largest absolute Gasteiger partial charge is 0.349 e. The van der Waals surface area contributed by atoms with E-state index in [2.05, 4.69) is 0 Å². The number of rotatable bonds is 9. The summed E-state index contributed by atoms with van der Waals surface area (Å²) in [6.45, 7) is 6.91. The summed E-state index contributed by atoms with van der Waals surface area (Å²) in [5, 5.41) is 0. The van der Waals surface area contributed by atoms with Gasteiger partial charge in [0.05, 0.1) is 0 Å². The fourth-order valence-corrected chi connectivity index (χ4v) is 1.32. The molecule has 0 unspecified atom stereocenters. The lowest BCUT2D eigenvalue weighted by atomic mass is 10.5. The predicted octanol–water partition coefficient (Wildman–Crippen LogP) is 1.37. The normalized spacial score (nSPS) is 12.4. The first-order chi connectivity index (χ1) is 7.20. The second-order valence-corrected chi connectivity index (χ2v) is 2.71. The topological polar surface area (TPSA) is 46.2 Å². The molecule has 92 valence electrons. The lowest BCUT2D eigenvalue weighted by molar-refractivity contribution is -0.448. The van der Waals surface area contributed by atoms with Crippen LogP contribution in [0.2, 0.25) is 0 Å². The standard InChI is InChI=1S/C10H22O5/c1-6-13-10(14-7-2,15-8-3)9(11-4)12-5/h9H,6-8H2,1-5H3. The maximum absolute atomic E-state index is 5.46. The Hall–Kier alpha value is -0.200. The predicted molar refractivity (Wildman–Crippen MR) is 55.4 cm³/mol. The van der Waals surface area contributed by atoms with E-state index in [0.29, 0.717) is 19.8 Å². The summed E-state index contributed by atoms with van der Waals surface area (Å²) in [5.41, 5.74) is 0. The van der Waals surface area contributed by atoms with Crippen LogP contribution >= 0.6 is 0 Å². The molecule has 0 rings (SSSR count). The molecule has 0 N–H and O–H groups in total. The molecule has 0 heterocycles. The summed E-state index contributed by atoms with van der Waals surface area (Å²) in [7, 11) is 3.03. The Morgan fingerprint density at radius 1 is 0.800 bits per heavy atom. The Balaban J connectivity index is 4.71. The van der Waals surface area contributed by atoms with Crippen LogP contribution in [0.1, 0.15) is 20.8 Å². The molecule has 0 radical (unpaired) electrons. The van der Waals surface area contributed by atoms with Crippen molar-refractivity contribution in [3.63, 3.8) is 0 Å².